The van der Waals surface area contributed by atoms with Gasteiger partial charge < -0.3 is 4.79 Å². The molecular formula is C17H22BNO3S. The molecule has 1 aromatic rings. The predicted molar refractivity (Wildman–Crippen MR) is 96.6 cm³/mol. The van der Waals surface area contributed by atoms with Gasteiger partial charge in [-0.2, -0.15) is 11.8 Å². The SMILES string of the molecule is BC(=O)C(C)C(C)(C)c1ccc(N2C(=O)CC(SC)C2=O)cc1. The molecule has 0 aromatic heterocycles. The summed E-state index contributed by atoms with van der Waals surface area (Å²) < 4.78 is 0. The van der Waals surface area contributed by atoms with Gasteiger partial charge in [-0.3, -0.25) is 9.59 Å². The van der Waals surface area contributed by atoms with Gasteiger partial charge in [-0.1, -0.05) is 32.9 Å². The summed E-state index contributed by atoms with van der Waals surface area (Å²) in [5.41, 5.74) is 1.47. The van der Waals surface area contributed by atoms with E-state index in [2.05, 4.69) is 0 Å². The van der Waals surface area contributed by atoms with Crippen molar-refractivity contribution in [3.05, 3.63) is 29.8 Å². The van der Waals surface area contributed by atoms with Crippen molar-refractivity contribution in [2.75, 3.05) is 11.2 Å². The Hall–Kier alpha value is -1.56. The molecule has 2 unspecified atom stereocenters. The van der Waals surface area contributed by atoms with Crippen molar-refractivity contribution >= 4 is 42.8 Å². The molecular weight excluding hydrogens is 309 g/mol. The van der Waals surface area contributed by atoms with Crippen LogP contribution < -0.4 is 4.90 Å². The van der Waals surface area contributed by atoms with Crippen LogP contribution in [-0.2, 0) is 19.8 Å². The molecule has 0 radical (unpaired) electrons. The molecule has 1 aliphatic rings. The second-order valence-electron chi connectivity index (χ2n) is 6.60. The number of rotatable bonds is 5. The predicted octanol–water partition coefficient (Wildman–Crippen LogP) is 1.75. The van der Waals surface area contributed by atoms with E-state index in [0.29, 0.717) is 5.69 Å². The Balaban J connectivity index is 2.28. The number of carbonyl (C=O) groups excluding carboxylic acids is 3. The number of nitrogens with zero attached hydrogens (tertiary/aromatic N) is 1. The highest BCUT2D eigenvalue weighted by molar-refractivity contribution is 8.00. The molecule has 0 N–H and O–H groups in total. The fourth-order valence-corrected chi connectivity index (χ4v) is 3.47. The molecule has 2 amide bonds. The maximum absolute atomic E-state index is 12.3. The molecule has 23 heavy (non-hydrogen) atoms. The first kappa shape index (κ1) is 17.8. The smallest absolute Gasteiger partial charge is 0.247 e. The van der Waals surface area contributed by atoms with E-state index in [0.717, 1.165) is 5.56 Å². The van der Waals surface area contributed by atoms with E-state index in [1.165, 1.54) is 16.7 Å². The number of thioether (sulfide) groups is 1. The lowest BCUT2D eigenvalue weighted by atomic mass is 9.68. The standard InChI is InChI=1S/C17H22BNO3S/c1-10(15(18)21)17(2,3)11-5-7-12(8-6-11)19-14(20)9-13(23-4)16(19)22/h5-8,10,13H,9,18H2,1-4H3. The number of hydrogen-bond acceptors (Lipinski definition) is 4. The largest absolute Gasteiger partial charge is 0.312 e. The van der Waals surface area contributed by atoms with Gasteiger partial charge in [-0.25, -0.2) is 4.90 Å². The zero-order chi connectivity index (χ0) is 17.4. The first-order valence-electron chi connectivity index (χ1n) is 7.70. The highest BCUT2D eigenvalue weighted by Crippen LogP contribution is 2.34. The average Bonchev–Trinajstić information content (AvgIpc) is 2.80. The summed E-state index contributed by atoms with van der Waals surface area (Å²) >= 11 is 1.41. The molecule has 1 aliphatic heterocycles. The van der Waals surface area contributed by atoms with E-state index in [4.69, 9.17) is 0 Å². The quantitative estimate of drug-likeness (QED) is 0.609. The van der Waals surface area contributed by atoms with Gasteiger partial charge in [0.2, 0.25) is 11.8 Å². The van der Waals surface area contributed by atoms with E-state index in [1.807, 2.05) is 39.2 Å². The second-order valence-corrected chi connectivity index (χ2v) is 7.64. The van der Waals surface area contributed by atoms with Gasteiger partial charge in [0.1, 0.15) is 0 Å². The summed E-state index contributed by atoms with van der Waals surface area (Å²) in [6.07, 6.45) is 2.10. The summed E-state index contributed by atoms with van der Waals surface area (Å²) in [5.74, 6) is -0.408. The van der Waals surface area contributed by atoms with Crippen molar-refractivity contribution in [1.82, 2.24) is 0 Å². The molecule has 2 rings (SSSR count). The van der Waals surface area contributed by atoms with Crippen molar-refractivity contribution in [3.63, 3.8) is 0 Å². The minimum Gasteiger partial charge on any atom is -0.312 e. The molecule has 1 saturated heterocycles. The third-order valence-corrected chi connectivity index (χ3v) is 5.89. The molecule has 2 atom stereocenters. The second kappa shape index (κ2) is 6.52. The molecule has 6 heteroatoms. The lowest BCUT2D eigenvalue weighted by Gasteiger charge is -2.31. The van der Waals surface area contributed by atoms with Gasteiger partial charge in [-0.15, -0.1) is 0 Å². The van der Waals surface area contributed by atoms with Crippen LogP contribution in [0.1, 0.15) is 32.8 Å². The van der Waals surface area contributed by atoms with Crippen LogP contribution in [0, 0.1) is 5.92 Å². The Bertz CT molecular complexity index is 642. The van der Waals surface area contributed by atoms with Gasteiger partial charge in [0.05, 0.1) is 16.6 Å². The lowest BCUT2D eigenvalue weighted by molar-refractivity contribution is -0.121. The highest BCUT2D eigenvalue weighted by Gasteiger charge is 2.39. The van der Waals surface area contributed by atoms with Crippen LogP contribution in [0.25, 0.3) is 0 Å². The normalized spacial score (nSPS) is 20.0. The zero-order valence-electron chi connectivity index (χ0n) is 14.3. The summed E-state index contributed by atoms with van der Waals surface area (Å²) in [6, 6.07) is 7.40. The molecule has 122 valence electrons. The topological polar surface area (TPSA) is 54.5 Å². The van der Waals surface area contributed by atoms with Crippen molar-refractivity contribution in [1.29, 1.82) is 0 Å². The highest BCUT2D eigenvalue weighted by atomic mass is 32.2. The van der Waals surface area contributed by atoms with E-state index in [-0.39, 0.29) is 40.5 Å². The molecule has 0 bridgehead atoms. The number of anilines is 1. The summed E-state index contributed by atoms with van der Waals surface area (Å²) in [5, 5.41) is -0.281. The van der Waals surface area contributed by atoms with Crippen LogP contribution in [0.4, 0.5) is 5.69 Å². The van der Waals surface area contributed by atoms with E-state index in [1.54, 1.807) is 20.0 Å². The Labute approximate surface area is 142 Å². The van der Waals surface area contributed by atoms with Crippen LogP contribution in [0.3, 0.4) is 0 Å². The van der Waals surface area contributed by atoms with Crippen molar-refractivity contribution in [3.8, 4) is 0 Å². The van der Waals surface area contributed by atoms with Crippen LogP contribution in [0.5, 0.6) is 0 Å². The molecule has 0 spiro atoms. The van der Waals surface area contributed by atoms with Crippen LogP contribution in [0.15, 0.2) is 24.3 Å². The summed E-state index contributed by atoms with van der Waals surface area (Å²) in [6.45, 7) is 5.99. The van der Waals surface area contributed by atoms with Crippen molar-refractivity contribution in [2.45, 2.75) is 37.9 Å². The van der Waals surface area contributed by atoms with Gasteiger partial charge in [0.15, 0.2) is 7.85 Å². The van der Waals surface area contributed by atoms with Crippen LogP contribution >= 0.6 is 11.8 Å². The molecule has 1 aromatic carbocycles. The maximum Gasteiger partial charge on any atom is 0.247 e. The molecule has 0 aliphatic carbocycles. The maximum atomic E-state index is 12.3. The molecule has 4 nitrogen and oxygen atoms in total. The molecule has 1 fully saturated rings. The van der Waals surface area contributed by atoms with E-state index >= 15 is 0 Å². The number of carbonyl (C=O) groups is 3. The Morgan fingerprint density at radius 1 is 1.30 bits per heavy atom. The fourth-order valence-electron chi connectivity index (χ4n) is 2.86. The van der Waals surface area contributed by atoms with E-state index in [9.17, 15) is 14.4 Å². The van der Waals surface area contributed by atoms with Gasteiger partial charge >= 0.3 is 0 Å². The number of imide groups is 1. The van der Waals surface area contributed by atoms with Crippen LogP contribution in [0.2, 0.25) is 0 Å². The summed E-state index contributed by atoms with van der Waals surface area (Å²) in [7, 11) is 1.60. The van der Waals surface area contributed by atoms with Crippen molar-refractivity contribution in [2.24, 2.45) is 5.92 Å². The van der Waals surface area contributed by atoms with Gasteiger partial charge in [0, 0.05) is 12.3 Å². The third-order valence-electron chi connectivity index (χ3n) is 4.95. The minimum absolute atomic E-state index is 0.107. The zero-order valence-corrected chi connectivity index (χ0v) is 15.1. The number of benzene rings is 1. The van der Waals surface area contributed by atoms with Gasteiger partial charge in [-0.05, 0) is 29.4 Å². The average molecular weight is 331 g/mol. The monoisotopic (exact) mass is 331 g/mol. The third kappa shape index (κ3) is 3.22. The van der Waals surface area contributed by atoms with Gasteiger partial charge in [0.25, 0.3) is 0 Å². The number of hydrogen-bond donors (Lipinski definition) is 0. The first-order chi connectivity index (χ1) is 10.7. The van der Waals surface area contributed by atoms with Crippen LogP contribution in [-0.4, -0.2) is 36.8 Å². The fraction of sp³-hybridized carbons (Fsp3) is 0.471. The molecule has 1 heterocycles. The molecule has 0 saturated carbocycles. The summed E-state index contributed by atoms with van der Waals surface area (Å²) in [4.78, 5) is 37.3. The van der Waals surface area contributed by atoms with Crippen molar-refractivity contribution < 1.29 is 14.4 Å². The minimum atomic E-state index is -0.300. The lowest BCUT2D eigenvalue weighted by Crippen LogP contribution is -2.33. The number of amides is 2. The Morgan fingerprint density at radius 2 is 1.87 bits per heavy atom. The van der Waals surface area contributed by atoms with E-state index < -0.39 is 0 Å². The Morgan fingerprint density at radius 3 is 2.30 bits per heavy atom. The first-order valence-corrected chi connectivity index (χ1v) is 8.99. The Kier molecular flexibility index (Phi) is 5.04.